The van der Waals surface area contributed by atoms with Gasteiger partial charge in [-0.05, 0) is 37.0 Å². The summed E-state index contributed by atoms with van der Waals surface area (Å²) in [5.41, 5.74) is 0. The average Bonchev–Trinajstić information content (AvgIpc) is 2.30. The van der Waals surface area contributed by atoms with Crippen LogP contribution in [0, 0.1) is 11.7 Å². The van der Waals surface area contributed by atoms with E-state index in [0.717, 1.165) is 0 Å². The lowest BCUT2D eigenvalue weighted by Crippen LogP contribution is -2.14. The molecule has 1 fully saturated rings. The first-order valence-corrected chi connectivity index (χ1v) is 7.21. The second kappa shape index (κ2) is 5.58. The maximum atomic E-state index is 13.0. The third-order valence-electron chi connectivity index (χ3n) is 3.17. The number of hydrogen-bond acceptors (Lipinski definition) is 1. The van der Waals surface area contributed by atoms with Crippen molar-refractivity contribution in [3.8, 4) is 0 Å². The molecule has 0 saturated heterocycles. The largest absolute Gasteiger partial charge is 0.254 e. The first kappa shape index (κ1) is 11.8. The Morgan fingerprint density at radius 3 is 2.69 bits per heavy atom. The van der Waals surface area contributed by atoms with Crippen LogP contribution in [0.25, 0.3) is 0 Å². The van der Waals surface area contributed by atoms with Gasteiger partial charge >= 0.3 is 0 Å². The summed E-state index contributed by atoms with van der Waals surface area (Å²) in [6, 6.07) is 6.16. The van der Waals surface area contributed by atoms with Crippen molar-refractivity contribution in [2.75, 3.05) is 5.75 Å². The molecule has 3 heteroatoms. The molecule has 1 nitrogen and oxygen atoms in total. The maximum absolute atomic E-state index is 13.0. The highest BCUT2D eigenvalue weighted by Crippen LogP contribution is 2.25. The van der Waals surface area contributed by atoms with E-state index in [9.17, 15) is 8.60 Å². The van der Waals surface area contributed by atoms with E-state index in [0.29, 0.717) is 16.6 Å². The third kappa shape index (κ3) is 3.14. The molecule has 1 aliphatic carbocycles. The van der Waals surface area contributed by atoms with Crippen molar-refractivity contribution in [2.45, 2.75) is 37.0 Å². The van der Waals surface area contributed by atoms with E-state index in [2.05, 4.69) is 0 Å². The Morgan fingerprint density at radius 2 is 2.00 bits per heavy atom. The lowest BCUT2D eigenvalue weighted by Gasteiger charge is -2.20. The van der Waals surface area contributed by atoms with E-state index >= 15 is 0 Å². The molecule has 0 N–H and O–H groups in total. The zero-order valence-corrected chi connectivity index (χ0v) is 10.1. The van der Waals surface area contributed by atoms with Crippen LogP contribution in [-0.2, 0) is 10.8 Å². The number of benzene rings is 1. The van der Waals surface area contributed by atoms with Gasteiger partial charge in [0.25, 0.3) is 0 Å². The molecule has 88 valence electrons. The highest BCUT2D eigenvalue weighted by atomic mass is 32.2. The molecule has 1 aliphatic rings. The third-order valence-corrected chi connectivity index (χ3v) is 4.72. The van der Waals surface area contributed by atoms with Crippen LogP contribution in [0.15, 0.2) is 29.2 Å². The Bertz CT molecular complexity index is 372. The summed E-state index contributed by atoms with van der Waals surface area (Å²) in [6.07, 6.45) is 6.18. The second-order valence-corrected chi connectivity index (χ2v) is 5.97. The molecule has 1 atom stereocenters. The molecule has 0 spiro atoms. The molecule has 0 heterocycles. The van der Waals surface area contributed by atoms with Crippen molar-refractivity contribution in [3.63, 3.8) is 0 Å². The van der Waals surface area contributed by atoms with E-state index in [1.165, 1.54) is 44.2 Å². The Balaban J connectivity index is 1.97. The molecule has 2 rings (SSSR count). The maximum Gasteiger partial charge on any atom is 0.124 e. The zero-order chi connectivity index (χ0) is 11.4. The summed E-state index contributed by atoms with van der Waals surface area (Å²) in [5, 5.41) is 0. The topological polar surface area (TPSA) is 17.1 Å². The second-order valence-electron chi connectivity index (χ2n) is 4.47. The minimum absolute atomic E-state index is 0.297. The Labute approximate surface area is 98.5 Å². The van der Waals surface area contributed by atoms with Crippen LogP contribution in [0.4, 0.5) is 4.39 Å². The van der Waals surface area contributed by atoms with Gasteiger partial charge in [0, 0.05) is 10.6 Å². The standard InChI is InChI=1S/C13H17FOS/c14-12-7-4-8-13(9-12)16(15)10-11-5-2-1-3-6-11/h4,7-9,11H,1-3,5-6,10H2. The molecule has 1 aromatic rings. The monoisotopic (exact) mass is 240 g/mol. The van der Waals surface area contributed by atoms with Crippen LogP contribution in [-0.4, -0.2) is 9.96 Å². The minimum Gasteiger partial charge on any atom is -0.254 e. The Kier molecular flexibility index (Phi) is 4.10. The molecular formula is C13H17FOS. The van der Waals surface area contributed by atoms with Crippen molar-refractivity contribution in [2.24, 2.45) is 5.92 Å². The first-order valence-electron chi connectivity index (χ1n) is 5.89. The van der Waals surface area contributed by atoms with Gasteiger partial charge in [-0.3, -0.25) is 4.21 Å². The van der Waals surface area contributed by atoms with Crippen LogP contribution in [0.3, 0.4) is 0 Å². The van der Waals surface area contributed by atoms with Gasteiger partial charge in [-0.25, -0.2) is 4.39 Å². The Hall–Kier alpha value is -0.700. The molecule has 0 bridgehead atoms. The number of hydrogen-bond donors (Lipinski definition) is 0. The van der Waals surface area contributed by atoms with Crippen molar-refractivity contribution in [3.05, 3.63) is 30.1 Å². The van der Waals surface area contributed by atoms with Gasteiger partial charge in [0.1, 0.15) is 5.82 Å². The van der Waals surface area contributed by atoms with Gasteiger partial charge in [-0.2, -0.15) is 0 Å². The summed E-state index contributed by atoms with van der Waals surface area (Å²) in [6.45, 7) is 0. The van der Waals surface area contributed by atoms with Crippen LogP contribution in [0.5, 0.6) is 0 Å². The predicted molar refractivity (Wildman–Crippen MR) is 64.3 cm³/mol. The normalized spacial score (nSPS) is 19.6. The smallest absolute Gasteiger partial charge is 0.124 e. The van der Waals surface area contributed by atoms with Crippen LogP contribution >= 0.6 is 0 Å². The van der Waals surface area contributed by atoms with Gasteiger partial charge < -0.3 is 0 Å². The SMILES string of the molecule is O=S(CC1CCCCC1)c1cccc(F)c1. The van der Waals surface area contributed by atoms with Gasteiger partial charge in [0.05, 0.1) is 10.8 Å². The van der Waals surface area contributed by atoms with E-state index in [-0.39, 0.29) is 5.82 Å². The first-order chi connectivity index (χ1) is 7.75. The molecule has 1 aromatic carbocycles. The molecule has 0 amide bonds. The van der Waals surface area contributed by atoms with E-state index in [1.807, 2.05) is 0 Å². The highest BCUT2D eigenvalue weighted by molar-refractivity contribution is 7.85. The number of rotatable bonds is 3. The molecule has 0 radical (unpaired) electrons. The van der Waals surface area contributed by atoms with Gasteiger partial charge in [-0.15, -0.1) is 0 Å². The van der Waals surface area contributed by atoms with Crippen LogP contribution in [0.2, 0.25) is 0 Å². The van der Waals surface area contributed by atoms with Crippen molar-refractivity contribution < 1.29 is 8.60 Å². The fourth-order valence-electron chi connectivity index (χ4n) is 2.27. The van der Waals surface area contributed by atoms with E-state index in [1.54, 1.807) is 12.1 Å². The summed E-state index contributed by atoms with van der Waals surface area (Å²) in [5.74, 6) is 0.969. The molecule has 0 aliphatic heterocycles. The van der Waals surface area contributed by atoms with Gasteiger partial charge in [0.2, 0.25) is 0 Å². The summed E-state index contributed by atoms with van der Waals surface area (Å²) >= 11 is 0. The summed E-state index contributed by atoms with van der Waals surface area (Å²) in [4.78, 5) is 0.630. The highest BCUT2D eigenvalue weighted by Gasteiger charge is 2.17. The van der Waals surface area contributed by atoms with Crippen LogP contribution < -0.4 is 0 Å². The molecular weight excluding hydrogens is 223 g/mol. The van der Waals surface area contributed by atoms with Crippen molar-refractivity contribution in [1.29, 1.82) is 0 Å². The molecule has 0 aromatic heterocycles. The van der Waals surface area contributed by atoms with Crippen molar-refractivity contribution in [1.82, 2.24) is 0 Å². The van der Waals surface area contributed by atoms with Gasteiger partial charge in [-0.1, -0.05) is 25.3 Å². The van der Waals surface area contributed by atoms with E-state index in [4.69, 9.17) is 0 Å². The molecule has 1 saturated carbocycles. The van der Waals surface area contributed by atoms with Crippen molar-refractivity contribution >= 4 is 10.8 Å². The predicted octanol–water partition coefficient (Wildman–Crippen LogP) is 3.51. The lowest BCUT2D eigenvalue weighted by atomic mass is 9.91. The summed E-state index contributed by atoms with van der Waals surface area (Å²) < 4.78 is 25.0. The Morgan fingerprint density at radius 1 is 1.25 bits per heavy atom. The fourth-order valence-corrected chi connectivity index (χ4v) is 3.70. The van der Waals surface area contributed by atoms with Gasteiger partial charge in [0.15, 0.2) is 0 Å². The fraction of sp³-hybridized carbons (Fsp3) is 0.538. The molecule has 1 unspecified atom stereocenters. The lowest BCUT2D eigenvalue weighted by molar-refractivity contribution is 0.388. The number of halogens is 1. The quantitative estimate of drug-likeness (QED) is 0.790. The summed E-state index contributed by atoms with van der Waals surface area (Å²) in [7, 11) is -1.03. The molecule has 16 heavy (non-hydrogen) atoms. The van der Waals surface area contributed by atoms with Crippen LogP contribution in [0.1, 0.15) is 32.1 Å². The zero-order valence-electron chi connectivity index (χ0n) is 9.32. The van der Waals surface area contributed by atoms with E-state index < -0.39 is 10.8 Å². The average molecular weight is 240 g/mol. The minimum atomic E-state index is -1.03.